The van der Waals surface area contributed by atoms with Gasteiger partial charge < -0.3 is 10.6 Å². The lowest BCUT2D eigenvalue weighted by atomic mass is 9.88. The highest BCUT2D eigenvalue weighted by Crippen LogP contribution is 2.32. The number of nitrogens with one attached hydrogen (secondary N) is 1. The van der Waals surface area contributed by atoms with Gasteiger partial charge in [0.15, 0.2) is 0 Å². The van der Waals surface area contributed by atoms with Crippen LogP contribution in [-0.4, -0.2) is 32.7 Å². The van der Waals surface area contributed by atoms with Crippen molar-refractivity contribution in [2.45, 2.75) is 32.2 Å². The summed E-state index contributed by atoms with van der Waals surface area (Å²) in [5, 5.41) is 0. The third kappa shape index (κ3) is 4.94. The first-order valence-corrected chi connectivity index (χ1v) is 11.5. The molecular weight excluding hydrogens is 370 g/mol. The highest BCUT2D eigenvalue weighted by atomic mass is 32.2. The Morgan fingerprint density at radius 1 is 1.18 bits per heavy atom. The largest absolute Gasteiger partial charge is 0.371 e. The van der Waals surface area contributed by atoms with Crippen LogP contribution in [0.25, 0.3) is 5.70 Å². The molecule has 0 aromatic heterocycles. The second-order valence-corrected chi connectivity index (χ2v) is 9.31. The highest BCUT2D eigenvalue weighted by Gasteiger charge is 2.22. The van der Waals surface area contributed by atoms with Crippen molar-refractivity contribution in [1.82, 2.24) is 4.90 Å². The van der Waals surface area contributed by atoms with Gasteiger partial charge in [0, 0.05) is 25.3 Å². The fourth-order valence-corrected chi connectivity index (χ4v) is 4.32. The first-order chi connectivity index (χ1) is 13.3. The van der Waals surface area contributed by atoms with Gasteiger partial charge in [-0.2, -0.15) is 0 Å². The molecule has 1 aliphatic heterocycles. The number of benzene rings is 2. The van der Waals surface area contributed by atoms with Crippen LogP contribution in [0.5, 0.6) is 0 Å². The van der Waals surface area contributed by atoms with Gasteiger partial charge in [0.2, 0.25) is 10.0 Å². The van der Waals surface area contributed by atoms with Gasteiger partial charge in [0.05, 0.1) is 11.9 Å². The number of piperidine rings is 1. The second kappa shape index (κ2) is 8.37. The Labute approximate surface area is 168 Å². The summed E-state index contributed by atoms with van der Waals surface area (Å²) in [5.41, 5.74) is 11.6. The Morgan fingerprint density at radius 2 is 1.82 bits per heavy atom. The molecule has 1 heterocycles. The summed E-state index contributed by atoms with van der Waals surface area (Å²) in [4.78, 5) is 2.29. The van der Waals surface area contributed by atoms with E-state index in [4.69, 9.17) is 5.73 Å². The molecule has 6 heteroatoms. The van der Waals surface area contributed by atoms with Crippen LogP contribution in [0.15, 0.2) is 49.0 Å². The van der Waals surface area contributed by atoms with Crippen LogP contribution in [0.2, 0.25) is 0 Å². The normalized spacial score (nSPS) is 15.5. The molecule has 5 nitrogen and oxygen atoms in total. The van der Waals surface area contributed by atoms with Gasteiger partial charge in [-0.05, 0) is 54.0 Å². The average molecular weight is 400 g/mol. The van der Waals surface area contributed by atoms with Crippen LogP contribution < -0.4 is 10.5 Å². The smallest absolute Gasteiger partial charge is 0.229 e. The topological polar surface area (TPSA) is 75.4 Å². The van der Waals surface area contributed by atoms with E-state index in [0.717, 1.165) is 48.3 Å². The zero-order valence-corrected chi connectivity index (χ0v) is 17.4. The molecule has 0 radical (unpaired) electrons. The van der Waals surface area contributed by atoms with E-state index < -0.39 is 10.0 Å². The Bertz CT molecular complexity index is 944. The molecule has 0 amide bonds. The van der Waals surface area contributed by atoms with E-state index in [-0.39, 0.29) is 0 Å². The molecule has 0 spiro atoms. The highest BCUT2D eigenvalue weighted by molar-refractivity contribution is 7.92. The minimum atomic E-state index is -3.31. The number of hydrogen-bond acceptors (Lipinski definition) is 4. The van der Waals surface area contributed by atoms with Crippen molar-refractivity contribution in [2.75, 3.05) is 24.1 Å². The van der Waals surface area contributed by atoms with Crippen molar-refractivity contribution in [3.05, 3.63) is 71.3 Å². The lowest BCUT2D eigenvalue weighted by molar-refractivity contribution is 0.299. The minimum absolute atomic E-state index is 0.552. The number of sulfonamides is 1. The van der Waals surface area contributed by atoms with Crippen LogP contribution in [0.1, 0.15) is 41.0 Å². The Kier molecular flexibility index (Phi) is 6.10. The van der Waals surface area contributed by atoms with Gasteiger partial charge in [-0.3, -0.25) is 4.72 Å². The zero-order chi connectivity index (χ0) is 20.3. The van der Waals surface area contributed by atoms with E-state index in [2.05, 4.69) is 40.5 Å². The fraction of sp³-hybridized carbons (Fsp3) is 0.364. The molecule has 0 unspecified atom stereocenters. The van der Waals surface area contributed by atoms with Gasteiger partial charge in [-0.1, -0.05) is 43.0 Å². The summed E-state index contributed by atoms with van der Waals surface area (Å²) in [7, 11) is -3.31. The molecule has 0 atom stereocenters. The van der Waals surface area contributed by atoms with Crippen molar-refractivity contribution in [3.63, 3.8) is 0 Å². The molecule has 2 aromatic rings. The number of rotatable bonds is 6. The predicted molar refractivity (Wildman–Crippen MR) is 117 cm³/mol. The second-order valence-electron chi connectivity index (χ2n) is 7.56. The molecule has 0 bridgehead atoms. The Balaban J connectivity index is 1.67. The summed E-state index contributed by atoms with van der Waals surface area (Å²) in [6.45, 7) is 8.61. The molecule has 1 fully saturated rings. The lowest BCUT2D eigenvalue weighted by Gasteiger charge is -2.35. The molecule has 150 valence electrons. The maximum Gasteiger partial charge on any atom is 0.229 e. The summed E-state index contributed by atoms with van der Waals surface area (Å²) >= 11 is 0. The van der Waals surface area contributed by atoms with Crippen LogP contribution in [0.4, 0.5) is 5.69 Å². The van der Waals surface area contributed by atoms with E-state index in [1.165, 1.54) is 11.8 Å². The molecule has 28 heavy (non-hydrogen) atoms. The van der Waals surface area contributed by atoms with Crippen LogP contribution in [0, 0.1) is 6.92 Å². The van der Waals surface area contributed by atoms with Gasteiger partial charge in [-0.15, -0.1) is 0 Å². The van der Waals surface area contributed by atoms with E-state index in [0.29, 0.717) is 18.2 Å². The SMILES string of the molecule is C=C(c1ccc(C)c(NS(C)(=O)=O)c1)N1CCC(c2ccc(CN)cc2)CC1. The lowest BCUT2D eigenvalue weighted by Crippen LogP contribution is -2.31. The summed E-state index contributed by atoms with van der Waals surface area (Å²) in [6.07, 6.45) is 3.31. The van der Waals surface area contributed by atoms with Crippen LogP contribution in [0.3, 0.4) is 0 Å². The van der Waals surface area contributed by atoms with E-state index >= 15 is 0 Å². The Hall–Kier alpha value is -2.31. The molecule has 0 aliphatic carbocycles. The number of nitrogens with zero attached hydrogens (tertiary/aromatic N) is 1. The fourth-order valence-electron chi connectivity index (χ4n) is 3.70. The van der Waals surface area contributed by atoms with Gasteiger partial charge in [-0.25, -0.2) is 8.42 Å². The van der Waals surface area contributed by atoms with E-state index in [9.17, 15) is 8.42 Å². The molecule has 2 aromatic carbocycles. The van der Waals surface area contributed by atoms with Gasteiger partial charge >= 0.3 is 0 Å². The van der Waals surface area contributed by atoms with Crippen molar-refractivity contribution >= 4 is 21.4 Å². The molecule has 3 rings (SSSR count). The van der Waals surface area contributed by atoms with Crippen LogP contribution in [-0.2, 0) is 16.6 Å². The van der Waals surface area contributed by atoms with Crippen molar-refractivity contribution < 1.29 is 8.42 Å². The quantitative estimate of drug-likeness (QED) is 0.777. The van der Waals surface area contributed by atoms with E-state index in [1.54, 1.807) is 0 Å². The standard InChI is InChI=1S/C22H29N3O2S/c1-16-4-7-21(14-22(16)24-28(3,26)27)17(2)25-12-10-20(11-13-25)19-8-5-18(15-23)6-9-19/h4-9,14,20,24H,2,10-13,15,23H2,1,3H3. The maximum atomic E-state index is 11.6. The molecule has 0 saturated carbocycles. The number of anilines is 1. The van der Waals surface area contributed by atoms with Crippen molar-refractivity contribution in [2.24, 2.45) is 5.73 Å². The van der Waals surface area contributed by atoms with Gasteiger partial charge in [0.1, 0.15) is 0 Å². The molecule has 1 saturated heterocycles. The molecular formula is C22H29N3O2S. The zero-order valence-electron chi connectivity index (χ0n) is 16.6. The molecule has 3 N–H and O–H groups in total. The third-order valence-corrected chi connectivity index (χ3v) is 6.02. The monoisotopic (exact) mass is 399 g/mol. The van der Waals surface area contributed by atoms with Crippen molar-refractivity contribution in [3.8, 4) is 0 Å². The number of hydrogen-bond donors (Lipinski definition) is 2. The summed E-state index contributed by atoms with van der Waals surface area (Å²) in [5.74, 6) is 0.552. The summed E-state index contributed by atoms with van der Waals surface area (Å²) in [6, 6.07) is 14.4. The number of likely N-dealkylation sites (tertiary alicyclic amines) is 1. The number of nitrogens with two attached hydrogens (primary N) is 1. The van der Waals surface area contributed by atoms with Gasteiger partial charge in [0.25, 0.3) is 0 Å². The number of aryl methyl sites for hydroxylation is 1. The van der Waals surface area contributed by atoms with E-state index in [1.807, 2.05) is 25.1 Å². The van der Waals surface area contributed by atoms with Crippen LogP contribution >= 0.6 is 0 Å². The first kappa shape index (κ1) is 20.4. The third-order valence-electron chi connectivity index (χ3n) is 5.43. The maximum absolute atomic E-state index is 11.6. The summed E-state index contributed by atoms with van der Waals surface area (Å²) < 4.78 is 25.8. The minimum Gasteiger partial charge on any atom is -0.371 e. The molecule has 1 aliphatic rings. The Morgan fingerprint density at radius 3 is 2.39 bits per heavy atom. The predicted octanol–water partition coefficient (Wildman–Crippen LogP) is 3.68. The van der Waals surface area contributed by atoms with Crippen molar-refractivity contribution in [1.29, 1.82) is 0 Å². The average Bonchev–Trinajstić information content (AvgIpc) is 2.68. The first-order valence-electron chi connectivity index (χ1n) is 9.58.